The molecule has 0 saturated heterocycles. The van der Waals surface area contributed by atoms with Crippen LogP contribution in [0, 0.1) is 0 Å². The molecule has 0 unspecified atom stereocenters. The third-order valence-electron chi connectivity index (χ3n) is 1.52. The van der Waals surface area contributed by atoms with Crippen molar-refractivity contribution in [1.29, 1.82) is 0 Å². The summed E-state index contributed by atoms with van der Waals surface area (Å²) in [6, 6.07) is 0. The van der Waals surface area contributed by atoms with Gasteiger partial charge < -0.3 is 4.90 Å². The van der Waals surface area contributed by atoms with Crippen LogP contribution in [0.2, 0.25) is 0 Å². The lowest BCUT2D eigenvalue weighted by Gasteiger charge is -2.18. The van der Waals surface area contributed by atoms with Crippen molar-refractivity contribution in [3.63, 3.8) is 0 Å². The molecule has 0 aliphatic rings. The first-order valence-corrected chi connectivity index (χ1v) is 6.09. The summed E-state index contributed by atoms with van der Waals surface area (Å²) >= 11 is 3.30. The molecule has 0 fully saturated rings. The van der Waals surface area contributed by atoms with Gasteiger partial charge in [0.2, 0.25) is 0 Å². The zero-order valence-corrected chi connectivity index (χ0v) is 9.81. The second kappa shape index (κ2) is 6.95. The number of nitrogens with zero attached hydrogens (tertiary/aromatic N) is 1. The quantitative estimate of drug-likeness (QED) is 0.688. The van der Waals surface area contributed by atoms with E-state index in [1.807, 2.05) is 11.8 Å². The average Bonchev–Trinajstić information content (AvgIpc) is 2.01. The molecule has 1 nitrogen and oxygen atoms in total. The predicted molar refractivity (Wildman–Crippen MR) is 54.4 cm³/mol. The summed E-state index contributed by atoms with van der Waals surface area (Å²) in [6.07, 6.45) is 0. The number of thioether (sulfide) groups is 1. The zero-order valence-electron chi connectivity index (χ0n) is 7.40. The van der Waals surface area contributed by atoms with Crippen LogP contribution < -0.4 is 0 Å². The normalized spacial score (nSPS) is 12.5. The maximum absolute atomic E-state index is 11.7. The van der Waals surface area contributed by atoms with E-state index in [1.54, 1.807) is 0 Å². The molecule has 13 heavy (non-hydrogen) atoms. The summed E-state index contributed by atoms with van der Waals surface area (Å²) in [5.41, 5.74) is -4.09. The Hall–Kier alpha value is 0.580. The molecule has 0 amide bonds. The Morgan fingerprint density at radius 1 is 1.31 bits per heavy atom. The monoisotopic (exact) mass is 279 g/mol. The van der Waals surface area contributed by atoms with Gasteiger partial charge in [0.1, 0.15) is 0 Å². The second-order valence-electron chi connectivity index (χ2n) is 2.42. The van der Waals surface area contributed by atoms with E-state index < -0.39 is 5.51 Å². The highest BCUT2D eigenvalue weighted by molar-refractivity contribution is 9.09. The minimum absolute atomic E-state index is 0.0462. The molecule has 0 saturated carbocycles. The van der Waals surface area contributed by atoms with Crippen molar-refractivity contribution in [1.82, 2.24) is 4.90 Å². The lowest BCUT2D eigenvalue weighted by Crippen LogP contribution is -2.28. The molecule has 0 aliphatic heterocycles. The van der Waals surface area contributed by atoms with Crippen molar-refractivity contribution in [2.75, 3.05) is 30.7 Å². The van der Waals surface area contributed by atoms with Gasteiger partial charge in [0.25, 0.3) is 0 Å². The van der Waals surface area contributed by atoms with Crippen molar-refractivity contribution in [2.45, 2.75) is 12.4 Å². The lowest BCUT2D eigenvalue weighted by molar-refractivity contribution is -0.0328. The van der Waals surface area contributed by atoms with E-state index in [9.17, 15) is 13.2 Å². The van der Waals surface area contributed by atoms with E-state index in [-0.39, 0.29) is 17.5 Å². The van der Waals surface area contributed by atoms with Gasteiger partial charge in [-0.25, -0.2) is 0 Å². The molecule has 0 aromatic carbocycles. The zero-order chi connectivity index (χ0) is 10.3. The molecular formula is C7H13BrF3NS. The third-order valence-corrected chi connectivity index (χ3v) is 2.59. The van der Waals surface area contributed by atoms with Crippen molar-refractivity contribution in [2.24, 2.45) is 0 Å². The minimum Gasteiger partial charge on any atom is -0.302 e. The third kappa shape index (κ3) is 8.90. The van der Waals surface area contributed by atoms with Gasteiger partial charge in [-0.05, 0) is 18.3 Å². The fraction of sp³-hybridized carbons (Fsp3) is 1.00. The van der Waals surface area contributed by atoms with Gasteiger partial charge in [-0.15, -0.1) is 0 Å². The second-order valence-corrected chi connectivity index (χ2v) is 4.37. The SMILES string of the molecule is CCN(CCBr)CCSC(F)(F)F. The van der Waals surface area contributed by atoms with Gasteiger partial charge >= 0.3 is 5.51 Å². The van der Waals surface area contributed by atoms with Crippen molar-refractivity contribution >= 4 is 27.7 Å². The molecular weight excluding hydrogens is 267 g/mol. The first-order valence-electron chi connectivity index (χ1n) is 3.98. The van der Waals surface area contributed by atoms with E-state index in [0.29, 0.717) is 6.54 Å². The van der Waals surface area contributed by atoms with Crippen molar-refractivity contribution < 1.29 is 13.2 Å². The van der Waals surface area contributed by atoms with E-state index in [4.69, 9.17) is 0 Å². The Morgan fingerprint density at radius 2 is 1.92 bits per heavy atom. The Bertz CT molecular complexity index is 131. The Kier molecular flexibility index (Phi) is 7.26. The van der Waals surface area contributed by atoms with E-state index >= 15 is 0 Å². The summed E-state index contributed by atoms with van der Waals surface area (Å²) < 4.78 is 35.2. The van der Waals surface area contributed by atoms with Crippen LogP contribution in [0.3, 0.4) is 0 Å². The van der Waals surface area contributed by atoms with Crippen LogP contribution in [0.5, 0.6) is 0 Å². The highest BCUT2D eigenvalue weighted by Crippen LogP contribution is 2.29. The predicted octanol–water partition coefficient (Wildman–Crippen LogP) is 2.96. The Labute approximate surface area is 89.2 Å². The molecule has 0 atom stereocenters. The highest BCUT2D eigenvalue weighted by Gasteiger charge is 2.27. The molecule has 80 valence electrons. The van der Waals surface area contributed by atoms with Crippen LogP contribution in [0.1, 0.15) is 6.92 Å². The fourth-order valence-electron chi connectivity index (χ4n) is 0.838. The van der Waals surface area contributed by atoms with Crippen LogP contribution in [0.4, 0.5) is 13.2 Å². The minimum atomic E-state index is -4.09. The lowest BCUT2D eigenvalue weighted by atomic mass is 10.5. The molecule has 0 spiro atoms. The van der Waals surface area contributed by atoms with Gasteiger partial charge in [0.15, 0.2) is 0 Å². The largest absolute Gasteiger partial charge is 0.441 e. The molecule has 6 heteroatoms. The standard InChI is InChI=1S/C7H13BrF3NS/c1-2-12(4-3-8)5-6-13-7(9,10)11/h2-6H2,1H3. The molecule has 0 aromatic rings. The fourth-order valence-corrected chi connectivity index (χ4v) is 1.92. The van der Waals surface area contributed by atoms with Gasteiger partial charge in [-0.1, -0.05) is 22.9 Å². The maximum atomic E-state index is 11.7. The molecule has 0 aliphatic carbocycles. The average molecular weight is 280 g/mol. The topological polar surface area (TPSA) is 3.24 Å². The van der Waals surface area contributed by atoms with E-state index in [2.05, 4.69) is 15.9 Å². The number of hydrogen-bond donors (Lipinski definition) is 0. The van der Waals surface area contributed by atoms with Gasteiger partial charge in [0, 0.05) is 24.2 Å². The highest BCUT2D eigenvalue weighted by atomic mass is 79.9. The summed E-state index contributed by atoms with van der Waals surface area (Å²) in [7, 11) is 0. The molecule has 0 heterocycles. The first kappa shape index (κ1) is 13.6. The van der Waals surface area contributed by atoms with Crippen LogP contribution in [0.15, 0.2) is 0 Å². The Balaban J connectivity index is 3.49. The summed E-state index contributed by atoms with van der Waals surface area (Å²) in [4.78, 5) is 1.98. The summed E-state index contributed by atoms with van der Waals surface area (Å²) in [5.74, 6) is 0.115. The maximum Gasteiger partial charge on any atom is 0.441 e. The van der Waals surface area contributed by atoms with Crippen LogP contribution in [-0.2, 0) is 0 Å². The number of hydrogen-bond acceptors (Lipinski definition) is 2. The molecule has 0 N–H and O–H groups in total. The number of alkyl halides is 4. The first-order chi connectivity index (χ1) is 5.99. The van der Waals surface area contributed by atoms with Gasteiger partial charge in [0.05, 0.1) is 0 Å². The number of halogens is 4. The van der Waals surface area contributed by atoms with Gasteiger partial charge in [-0.2, -0.15) is 13.2 Å². The van der Waals surface area contributed by atoms with E-state index in [0.717, 1.165) is 18.4 Å². The molecule has 0 bridgehead atoms. The molecule has 0 aromatic heterocycles. The Morgan fingerprint density at radius 3 is 2.31 bits per heavy atom. The molecule has 0 radical (unpaired) electrons. The van der Waals surface area contributed by atoms with Gasteiger partial charge in [-0.3, -0.25) is 0 Å². The molecule has 0 rings (SSSR count). The van der Waals surface area contributed by atoms with E-state index in [1.165, 1.54) is 0 Å². The van der Waals surface area contributed by atoms with Crippen molar-refractivity contribution in [3.8, 4) is 0 Å². The van der Waals surface area contributed by atoms with Crippen LogP contribution in [-0.4, -0.2) is 41.1 Å². The number of rotatable bonds is 6. The van der Waals surface area contributed by atoms with Crippen LogP contribution >= 0.6 is 27.7 Å². The van der Waals surface area contributed by atoms with Crippen molar-refractivity contribution in [3.05, 3.63) is 0 Å². The smallest absolute Gasteiger partial charge is 0.302 e. The summed E-state index contributed by atoms with van der Waals surface area (Å²) in [5, 5.41) is 0.803. The van der Waals surface area contributed by atoms with Crippen LogP contribution in [0.25, 0.3) is 0 Å². The summed E-state index contributed by atoms with van der Waals surface area (Å²) in [6.45, 7) is 4.03.